The van der Waals surface area contributed by atoms with E-state index in [-0.39, 0.29) is 0 Å². The highest BCUT2D eigenvalue weighted by Gasteiger charge is 1.97. The fraction of sp³-hybridized carbons (Fsp3) is 0. The highest BCUT2D eigenvalue weighted by atomic mass is 16.3. The van der Waals surface area contributed by atoms with Gasteiger partial charge in [0.2, 0.25) is 0 Å². The Morgan fingerprint density at radius 1 is 1.45 bits per heavy atom. The fourth-order valence-electron chi connectivity index (χ4n) is 0.823. The normalized spacial score (nSPS) is 9.82. The molecule has 0 spiro atoms. The van der Waals surface area contributed by atoms with E-state index in [1.54, 1.807) is 18.7 Å². The van der Waals surface area contributed by atoms with Crippen LogP contribution in [-0.4, -0.2) is 9.97 Å². The van der Waals surface area contributed by atoms with Crippen LogP contribution in [0.1, 0.15) is 0 Å². The second kappa shape index (κ2) is 2.54. The molecule has 1 radical (unpaired) electrons. The van der Waals surface area contributed by atoms with E-state index in [4.69, 9.17) is 4.42 Å². The molecule has 0 aliphatic carbocycles. The summed E-state index contributed by atoms with van der Waals surface area (Å²) in [7, 11) is 0. The molecule has 0 saturated heterocycles. The van der Waals surface area contributed by atoms with E-state index in [9.17, 15) is 0 Å². The molecule has 2 aromatic rings. The average Bonchev–Trinajstić information content (AvgIpc) is 2.58. The molecule has 2 aromatic heterocycles. The van der Waals surface area contributed by atoms with Gasteiger partial charge in [-0.05, 0) is 6.07 Å². The number of nitrogens with zero attached hydrogens (tertiary/aromatic N) is 2. The Morgan fingerprint density at radius 2 is 2.45 bits per heavy atom. The first-order valence-corrected chi connectivity index (χ1v) is 3.17. The van der Waals surface area contributed by atoms with Crippen molar-refractivity contribution < 1.29 is 4.42 Å². The molecule has 2 heterocycles. The van der Waals surface area contributed by atoms with Gasteiger partial charge in [-0.1, -0.05) is 0 Å². The van der Waals surface area contributed by atoms with Gasteiger partial charge < -0.3 is 4.42 Å². The molecule has 0 unspecified atom stereocenters. The minimum absolute atomic E-state index is 0.803. The Hall–Kier alpha value is -1.64. The summed E-state index contributed by atoms with van der Waals surface area (Å²) in [4.78, 5) is 7.85. The van der Waals surface area contributed by atoms with Crippen LogP contribution in [0.5, 0.6) is 0 Å². The molecule has 53 valence electrons. The summed E-state index contributed by atoms with van der Waals surface area (Å²) in [6.45, 7) is 0. The molecule has 0 N–H and O–H groups in total. The van der Waals surface area contributed by atoms with Gasteiger partial charge in [0.1, 0.15) is 6.20 Å². The van der Waals surface area contributed by atoms with Crippen LogP contribution in [0.25, 0.3) is 11.3 Å². The summed E-state index contributed by atoms with van der Waals surface area (Å²) in [5.41, 5.74) is 1.74. The molecule has 0 fully saturated rings. The second-order valence-electron chi connectivity index (χ2n) is 2.04. The van der Waals surface area contributed by atoms with Crippen molar-refractivity contribution in [2.24, 2.45) is 0 Å². The van der Waals surface area contributed by atoms with Crippen molar-refractivity contribution in [2.45, 2.75) is 0 Å². The van der Waals surface area contributed by atoms with E-state index in [0.29, 0.717) is 0 Å². The third kappa shape index (κ3) is 1.12. The molecule has 0 saturated carbocycles. The maximum Gasteiger partial charge on any atom is 0.109 e. The molecule has 0 bridgehead atoms. The molecule has 3 heteroatoms. The Labute approximate surface area is 63.7 Å². The van der Waals surface area contributed by atoms with Gasteiger partial charge in [-0.25, -0.2) is 0 Å². The van der Waals surface area contributed by atoms with Gasteiger partial charge in [-0.15, -0.1) is 0 Å². The topological polar surface area (TPSA) is 38.9 Å². The number of hydrogen-bond donors (Lipinski definition) is 0. The van der Waals surface area contributed by atoms with Gasteiger partial charge in [-0.3, -0.25) is 9.97 Å². The average molecular weight is 145 g/mol. The molecule has 0 aliphatic heterocycles. The molecule has 0 atom stereocenters. The predicted octanol–water partition coefficient (Wildman–Crippen LogP) is 1.54. The van der Waals surface area contributed by atoms with E-state index >= 15 is 0 Å². The molecular weight excluding hydrogens is 140 g/mol. The quantitative estimate of drug-likeness (QED) is 0.610. The molecule has 0 aliphatic rings. The van der Waals surface area contributed by atoms with Crippen molar-refractivity contribution in [2.75, 3.05) is 0 Å². The van der Waals surface area contributed by atoms with Gasteiger partial charge in [-0.2, -0.15) is 0 Å². The Bertz CT molecular complexity index is 315. The molecular formula is C8H5N2O. The fourth-order valence-corrected chi connectivity index (χ4v) is 0.823. The largest absolute Gasteiger partial charge is 0.472 e. The van der Waals surface area contributed by atoms with E-state index in [2.05, 4.69) is 16.2 Å². The second-order valence-corrected chi connectivity index (χ2v) is 2.04. The Balaban J connectivity index is 2.46. The summed E-state index contributed by atoms with van der Waals surface area (Å²) >= 11 is 0. The predicted molar refractivity (Wildman–Crippen MR) is 38.6 cm³/mol. The van der Waals surface area contributed by atoms with Crippen molar-refractivity contribution in [1.82, 2.24) is 9.97 Å². The van der Waals surface area contributed by atoms with Gasteiger partial charge >= 0.3 is 0 Å². The first-order valence-electron chi connectivity index (χ1n) is 3.17. The summed E-state index contributed by atoms with van der Waals surface area (Å²) in [6, 6.07) is 1.84. The first-order chi connectivity index (χ1) is 5.47. The maximum atomic E-state index is 4.89. The summed E-state index contributed by atoms with van der Waals surface area (Å²) < 4.78 is 4.89. The lowest BCUT2D eigenvalue weighted by Gasteiger charge is -1.90. The van der Waals surface area contributed by atoms with Gasteiger partial charge in [0.05, 0.1) is 30.6 Å². The first kappa shape index (κ1) is 6.09. The van der Waals surface area contributed by atoms with Gasteiger partial charge in [0.25, 0.3) is 0 Å². The molecule has 2 rings (SSSR count). The van der Waals surface area contributed by atoms with Crippen LogP contribution in [-0.2, 0) is 0 Å². The highest BCUT2D eigenvalue weighted by molar-refractivity contribution is 5.55. The monoisotopic (exact) mass is 145 g/mol. The Morgan fingerprint density at radius 3 is 3.09 bits per heavy atom. The van der Waals surface area contributed by atoms with Crippen LogP contribution < -0.4 is 0 Å². The van der Waals surface area contributed by atoms with E-state index < -0.39 is 0 Å². The lowest BCUT2D eigenvalue weighted by molar-refractivity contribution is 0.568. The molecule has 0 aromatic carbocycles. The number of aromatic nitrogens is 2. The van der Waals surface area contributed by atoms with E-state index in [1.807, 2.05) is 6.07 Å². The van der Waals surface area contributed by atoms with Crippen molar-refractivity contribution in [1.29, 1.82) is 0 Å². The van der Waals surface area contributed by atoms with Crippen molar-refractivity contribution in [3.05, 3.63) is 37.2 Å². The van der Waals surface area contributed by atoms with Crippen LogP contribution in [0.2, 0.25) is 0 Å². The maximum absolute atomic E-state index is 4.89. The Kier molecular flexibility index (Phi) is 1.41. The van der Waals surface area contributed by atoms with Crippen molar-refractivity contribution >= 4 is 0 Å². The van der Waals surface area contributed by atoms with Crippen molar-refractivity contribution in [3.8, 4) is 11.3 Å². The zero-order chi connectivity index (χ0) is 7.52. The minimum atomic E-state index is 0.803. The van der Waals surface area contributed by atoms with E-state index in [0.717, 1.165) is 11.3 Å². The minimum Gasteiger partial charge on any atom is -0.472 e. The third-order valence-electron chi connectivity index (χ3n) is 1.34. The molecule has 3 nitrogen and oxygen atoms in total. The van der Waals surface area contributed by atoms with Crippen LogP contribution in [0.4, 0.5) is 0 Å². The van der Waals surface area contributed by atoms with Crippen LogP contribution in [0, 0.1) is 6.20 Å². The number of furan rings is 1. The SMILES string of the molecule is [c]1cnc(-c2ccoc2)cn1. The van der Waals surface area contributed by atoms with Gasteiger partial charge in [0.15, 0.2) is 0 Å². The number of rotatable bonds is 1. The summed E-state index contributed by atoms with van der Waals surface area (Å²) in [5.74, 6) is 0. The molecule has 0 amide bonds. The standard InChI is InChI=1S/C8H5N2O/c1-4-11-6-7(1)8-5-9-2-3-10-8/h1,3-6H. The smallest absolute Gasteiger partial charge is 0.109 e. The third-order valence-corrected chi connectivity index (χ3v) is 1.34. The van der Waals surface area contributed by atoms with Crippen LogP contribution in [0.3, 0.4) is 0 Å². The zero-order valence-electron chi connectivity index (χ0n) is 5.69. The van der Waals surface area contributed by atoms with Crippen molar-refractivity contribution in [3.63, 3.8) is 0 Å². The molecule has 11 heavy (non-hydrogen) atoms. The van der Waals surface area contributed by atoms with E-state index in [1.165, 1.54) is 6.20 Å². The lowest BCUT2D eigenvalue weighted by Crippen LogP contribution is -1.80. The number of hydrogen-bond acceptors (Lipinski definition) is 3. The summed E-state index contributed by atoms with van der Waals surface area (Å²) in [5, 5.41) is 0. The van der Waals surface area contributed by atoms with Gasteiger partial charge in [0, 0.05) is 5.56 Å². The van der Waals surface area contributed by atoms with Crippen LogP contribution >= 0.6 is 0 Å². The van der Waals surface area contributed by atoms with Crippen LogP contribution in [0.15, 0.2) is 35.4 Å². The summed E-state index contributed by atoms with van der Waals surface area (Å²) in [6.07, 6.45) is 9.01. The zero-order valence-corrected chi connectivity index (χ0v) is 5.69. The lowest BCUT2D eigenvalue weighted by atomic mass is 10.3. The highest BCUT2D eigenvalue weighted by Crippen LogP contribution is 2.14.